The molecule has 0 aliphatic carbocycles. The molecule has 0 aromatic heterocycles. The third-order valence-corrected chi connectivity index (χ3v) is 6.86. The van der Waals surface area contributed by atoms with Gasteiger partial charge in [0.2, 0.25) is 0 Å². The largest absolute Gasteiger partial charge is 0.300 e. The summed E-state index contributed by atoms with van der Waals surface area (Å²) in [6.07, 6.45) is 3.10. The molecule has 0 unspecified atom stereocenters. The predicted molar refractivity (Wildman–Crippen MR) is 157 cm³/mol. The number of carbonyl (C=O) groups excluding carboxylic acids is 1. The van der Waals surface area contributed by atoms with Gasteiger partial charge in [-0.3, -0.25) is 14.6 Å². The van der Waals surface area contributed by atoms with Crippen molar-refractivity contribution in [2.24, 2.45) is 0 Å². The summed E-state index contributed by atoms with van der Waals surface area (Å²) < 4.78 is 0. The van der Waals surface area contributed by atoms with Crippen LogP contribution in [0.5, 0.6) is 0 Å². The molecule has 0 aliphatic rings. The van der Waals surface area contributed by atoms with Crippen LogP contribution in [0.3, 0.4) is 0 Å². The van der Waals surface area contributed by atoms with Crippen LogP contribution in [0, 0.1) is 0 Å². The Balaban J connectivity index is 1.24. The van der Waals surface area contributed by atoms with Gasteiger partial charge in [0.15, 0.2) is 0 Å². The van der Waals surface area contributed by atoms with E-state index in [-0.39, 0.29) is 0 Å². The van der Waals surface area contributed by atoms with Crippen molar-refractivity contribution in [3.8, 4) is 0 Å². The molecule has 0 heterocycles. The molecule has 0 radical (unpaired) electrons. The fourth-order valence-corrected chi connectivity index (χ4v) is 4.92. The second-order valence-electron chi connectivity index (χ2n) is 10.1. The molecule has 0 fully saturated rings. The van der Waals surface area contributed by atoms with Crippen LogP contribution < -0.4 is 0 Å². The van der Waals surface area contributed by atoms with E-state index in [1.807, 2.05) is 0 Å². The molecule has 196 valence electrons. The minimum atomic E-state index is 0.378. The first-order valence-corrected chi connectivity index (χ1v) is 13.9. The summed E-state index contributed by atoms with van der Waals surface area (Å²) in [4.78, 5) is 17.7. The minimum absolute atomic E-state index is 0.378. The lowest BCUT2D eigenvalue weighted by atomic mass is 10.1. The lowest BCUT2D eigenvalue weighted by Crippen LogP contribution is -2.25. The minimum Gasteiger partial charge on any atom is -0.300 e. The van der Waals surface area contributed by atoms with Crippen molar-refractivity contribution in [1.82, 2.24) is 9.80 Å². The molecule has 0 amide bonds. The summed E-state index contributed by atoms with van der Waals surface area (Å²) in [5.74, 6) is 0.378. The topological polar surface area (TPSA) is 23.6 Å². The predicted octanol–water partition coefficient (Wildman–Crippen LogP) is 7.52. The van der Waals surface area contributed by atoms with Gasteiger partial charge in [-0.1, -0.05) is 121 Å². The van der Waals surface area contributed by atoms with Gasteiger partial charge in [-0.2, -0.15) is 0 Å². The average Bonchev–Trinajstić information content (AvgIpc) is 2.95. The van der Waals surface area contributed by atoms with Crippen LogP contribution in [-0.4, -0.2) is 28.7 Å². The van der Waals surface area contributed by atoms with Gasteiger partial charge in [-0.25, -0.2) is 0 Å². The molecule has 0 N–H and O–H groups in total. The Kier molecular flexibility index (Phi) is 11.3. The van der Waals surface area contributed by atoms with Gasteiger partial charge < -0.3 is 0 Å². The van der Waals surface area contributed by atoms with Crippen molar-refractivity contribution in [3.63, 3.8) is 0 Å². The van der Waals surface area contributed by atoms with E-state index in [0.29, 0.717) is 18.6 Å². The summed E-state index contributed by atoms with van der Waals surface area (Å²) in [5.41, 5.74) is 5.25. The highest BCUT2D eigenvalue weighted by atomic mass is 16.1. The van der Waals surface area contributed by atoms with Crippen molar-refractivity contribution >= 4 is 5.78 Å². The van der Waals surface area contributed by atoms with E-state index in [1.54, 1.807) is 0 Å². The highest BCUT2D eigenvalue weighted by Crippen LogP contribution is 2.14. The summed E-state index contributed by atoms with van der Waals surface area (Å²) >= 11 is 0. The van der Waals surface area contributed by atoms with E-state index < -0.39 is 0 Å². The van der Waals surface area contributed by atoms with Gasteiger partial charge in [-0.05, 0) is 48.2 Å². The molecular weight excluding hydrogens is 464 g/mol. The number of hydrogen-bond acceptors (Lipinski definition) is 3. The molecule has 0 saturated heterocycles. The van der Waals surface area contributed by atoms with Crippen molar-refractivity contribution in [3.05, 3.63) is 144 Å². The van der Waals surface area contributed by atoms with E-state index in [0.717, 1.165) is 52.1 Å². The molecule has 0 spiro atoms. The van der Waals surface area contributed by atoms with Crippen LogP contribution in [0.4, 0.5) is 0 Å². The van der Waals surface area contributed by atoms with Gasteiger partial charge in [0.1, 0.15) is 5.78 Å². The van der Waals surface area contributed by atoms with Crippen molar-refractivity contribution in [1.29, 1.82) is 0 Å². The first kappa shape index (κ1) is 27.5. The Hall–Kier alpha value is -3.53. The maximum Gasteiger partial charge on any atom is 0.133 e. The lowest BCUT2D eigenvalue weighted by molar-refractivity contribution is -0.119. The molecule has 0 saturated carbocycles. The molecule has 0 bridgehead atoms. The van der Waals surface area contributed by atoms with Gasteiger partial charge in [0.25, 0.3) is 0 Å². The summed E-state index contributed by atoms with van der Waals surface area (Å²) in [6, 6.07) is 42.4. The number of rotatable bonds is 16. The normalized spacial score (nSPS) is 11.2. The third kappa shape index (κ3) is 10.1. The Bertz CT molecular complexity index is 1000. The van der Waals surface area contributed by atoms with E-state index >= 15 is 0 Å². The van der Waals surface area contributed by atoms with Crippen molar-refractivity contribution < 1.29 is 4.79 Å². The van der Waals surface area contributed by atoms with Gasteiger partial charge in [0.05, 0.1) is 0 Å². The molecule has 3 nitrogen and oxygen atoms in total. The number of benzene rings is 4. The van der Waals surface area contributed by atoms with Gasteiger partial charge in [-0.15, -0.1) is 0 Å². The highest BCUT2D eigenvalue weighted by Gasteiger charge is 2.11. The maximum absolute atomic E-state index is 12.8. The zero-order chi connectivity index (χ0) is 26.3. The van der Waals surface area contributed by atoms with Crippen molar-refractivity contribution in [2.45, 2.75) is 51.9 Å². The zero-order valence-electron chi connectivity index (χ0n) is 22.4. The van der Waals surface area contributed by atoms with E-state index in [2.05, 4.69) is 131 Å². The Morgan fingerprint density at radius 1 is 0.421 bits per heavy atom. The van der Waals surface area contributed by atoms with E-state index in [4.69, 9.17) is 0 Å². The van der Waals surface area contributed by atoms with Crippen LogP contribution in [0.15, 0.2) is 121 Å². The fourth-order valence-electron chi connectivity index (χ4n) is 4.92. The quantitative estimate of drug-likeness (QED) is 0.158. The molecule has 0 atom stereocenters. The number of Topliss-reactive ketones (excluding diaryl/α,β-unsaturated/α-hetero) is 1. The summed E-state index contributed by atoms with van der Waals surface area (Å²) in [5, 5.41) is 0. The van der Waals surface area contributed by atoms with Crippen LogP contribution in [0.1, 0.15) is 47.9 Å². The molecular formula is C35H40N2O. The van der Waals surface area contributed by atoms with Crippen molar-refractivity contribution in [2.75, 3.05) is 13.1 Å². The number of ketones is 1. The zero-order valence-corrected chi connectivity index (χ0v) is 22.4. The SMILES string of the molecule is O=C(CCCN(Cc1ccccc1)Cc1ccccc1)CCCN(Cc1ccccc1)Cc1ccccc1. The molecule has 38 heavy (non-hydrogen) atoms. The molecule has 4 aromatic carbocycles. The van der Waals surface area contributed by atoms with Gasteiger partial charge >= 0.3 is 0 Å². The number of nitrogens with zero attached hydrogens (tertiary/aromatic N) is 2. The standard InChI is InChI=1S/C35H40N2O/c38-35(23-13-25-36(27-31-15-5-1-6-16-31)28-32-17-7-2-8-18-32)24-14-26-37(29-33-19-9-3-10-20-33)30-34-21-11-4-12-22-34/h1-12,15-22H,13-14,23-30H2. The second kappa shape index (κ2) is 15.7. The number of carbonyl (C=O) groups is 1. The van der Waals surface area contributed by atoms with Crippen LogP contribution in [-0.2, 0) is 31.0 Å². The van der Waals surface area contributed by atoms with Crippen LogP contribution in [0.25, 0.3) is 0 Å². The average molecular weight is 505 g/mol. The first-order chi connectivity index (χ1) is 18.7. The first-order valence-electron chi connectivity index (χ1n) is 13.9. The van der Waals surface area contributed by atoms with Gasteiger partial charge in [0, 0.05) is 39.0 Å². The van der Waals surface area contributed by atoms with E-state index in [9.17, 15) is 4.79 Å². The Morgan fingerprint density at radius 3 is 0.947 bits per heavy atom. The Morgan fingerprint density at radius 2 is 0.684 bits per heavy atom. The van der Waals surface area contributed by atoms with E-state index in [1.165, 1.54) is 22.3 Å². The summed E-state index contributed by atoms with van der Waals surface area (Å²) in [7, 11) is 0. The highest BCUT2D eigenvalue weighted by molar-refractivity contribution is 5.78. The molecule has 4 rings (SSSR count). The lowest BCUT2D eigenvalue weighted by Gasteiger charge is -2.23. The maximum atomic E-state index is 12.8. The smallest absolute Gasteiger partial charge is 0.133 e. The monoisotopic (exact) mass is 504 g/mol. The summed E-state index contributed by atoms with van der Waals surface area (Å²) in [6.45, 7) is 5.44. The Labute approximate surface area is 228 Å². The molecule has 4 aromatic rings. The number of hydrogen-bond donors (Lipinski definition) is 0. The molecule has 0 aliphatic heterocycles. The second-order valence-corrected chi connectivity index (χ2v) is 10.1. The molecule has 3 heteroatoms. The van der Waals surface area contributed by atoms with Crippen LogP contribution >= 0.6 is 0 Å². The van der Waals surface area contributed by atoms with Crippen LogP contribution in [0.2, 0.25) is 0 Å². The third-order valence-electron chi connectivity index (χ3n) is 6.86. The fraction of sp³-hybridized carbons (Fsp3) is 0.286.